The second-order valence-corrected chi connectivity index (χ2v) is 6.95. The summed E-state index contributed by atoms with van der Waals surface area (Å²) in [5, 5.41) is 13.7. The number of quaternary nitrogens is 1. The molecule has 0 bridgehead atoms. The minimum absolute atomic E-state index is 0.129. The van der Waals surface area contributed by atoms with E-state index in [1.807, 2.05) is 0 Å². The average Bonchev–Trinajstić information content (AvgIpc) is 2.75. The molecular weight excluding hydrogens is 366 g/mol. The summed E-state index contributed by atoms with van der Waals surface area (Å²) in [6.45, 7) is 1.56. The first-order valence-electron chi connectivity index (χ1n) is 7.01. The fraction of sp³-hybridized carbons (Fsp3) is 0.400. The standard InChI is InChI=1S/C15H20BrN3O2S/c1-18-9-19(2)15(22-3)12(18)6-7-17-14(21)10-4-5-13(20)11(16)8-10/h4-5,8,20H,6-7,9H2,1-3H3,(H,17,21)/p+1. The van der Waals surface area contributed by atoms with Crippen LogP contribution in [0.1, 0.15) is 16.8 Å². The number of benzene rings is 1. The average molecular weight is 387 g/mol. The Morgan fingerprint density at radius 3 is 2.91 bits per heavy atom. The smallest absolute Gasteiger partial charge is 0.251 e. The molecule has 7 heteroatoms. The van der Waals surface area contributed by atoms with Crippen molar-refractivity contribution in [3.63, 3.8) is 0 Å². The van der Waals surface area contributed by atoms with Gasteiger partial charge in [0, 0.05) is 25.6 Å². The number of nitrogens with one attached hydrogen (secondary N) is 2. The highest BCUT2D eigenvalue weighted by atomic mass is 79.9. The number of thioether (sulfide) groups is 1. The van der Waals surface area contributed by atoms with Crippen LogP contribution < -0.4 is 10.2 Å². The number of hydrogen-bond acceptors (Lipinski definition) is 4. The highest BCUT2D eigenvalue weighted by Crippen LogP contribution is 2.24. The molecular formula is C15H21BrN3O2S+. The van der Waals surface area contributed by atoms with Crippen molar-refractivity contribution in [3.05, 3.63) is 39.0 Å². The second kappa shape index (κ2) is 7.39. The largest absolute Gasteiger partial charge is 0.507 e. The maximum Gasteiger partial charge on any atom is 0.251 e. The molecule has 1 atom stereocenters. The molecule has 1 amide bonds. The molecule has 0 saturated heterocycles. The molecule has 1 aromatic rings. The van der Waals surface area contributed by atoms with Crippen LogP contribution in [0.15, 0.2) is 33.4 Å². The van der Waals surface area contributed by atoms with Crippen LogP contribution in [0.5, 0.6) is 5.75 Å². The van der Waals surface area contributed by atoms with Crippen molar-refractivity contribution in [3.8, 4) is 5.75 Å². The number of amides is 1. The molecule has 0 fully saturated rings. The Bertz CT molecular complexity index is 606. The van der Waals surface area contributed by atoms with Crippen LogP contribution in [0.2, 0.25) is 0 Å². The van der Waals surface area contributed by atoms with Gasteiger partial charge in [0.1, 0.15) is 16.5 Å². The lowest BCUT2D eigenvalue weighted by molar-refractivity contribution is -0.841. The van der Waals surface area contributed by atoms with Gasteiger partial charge in [-0.1, -0.05) is 0 Å². The number of aromatic hydroxyl groups is 1. The van der Waals surface area contributed by atoms with Crippen molar-refractivity contribution in [1.82, 2.24) is 10.2 Å². The van der Waals surface area contributed by atoms with Crippen LogP contribution in [0.25, 0.3) is 0 Å². The normalized spacial score (nSPS) is 18.0. The molecule has 0 radical (unpaired) electrons. The number of nitrogens with zero attached hydrogens (tertiary/aromatic N) is 1. The number of phenolic OH excluding ortho intramolecular Hbond substituents is 1. The second-order valence-electron chi connectivity index (χ2n) is 5.30. The molecule has 1 aromatic carbocycles. The van der Waals surface area contributed by atoms with Gasteiger partial charge < -0.3 is 15.3 Å². The van der Waals surface area contributed by atoms with E-state index in [-0.39, 0.29) is 11.7 Å². The lowest BCUT2D eigenvalue weighted by Gasteiger charge is -2.11. The van der Waals surface area contributed by atoms with E-state index in [0.717, 1.165) is 13.1 Å². The zero-order valence-corrected chi connectivity index (χ0v) is 15.3. The Morgan fingerprint density at radius 2 is 2.27 bits per heavy atom. The van der Waals surface area contributed by atoms with Crippen LogP contribution in [0.4, 0.5) is 0 Å². The topological polar surface area (TPSA) is 57.0 Å². The molecule has 1 aliphatic rings. The third-order valence-electron chi connectivity index (χ3n) is 3.66. The van der Waals surface area contributed by atoms with E-state index in [9.17, 15) is 9.90 Å². The molecule has 2 rings (SSSR count). The minimum atomic E-state index is -0.129. The van der Waals surface area contributed by atoms with Crippen molar-refractivity contribution in [2.24, 2.45) is 0 Å². The van der Waals surface area contributed by atoms with Gasteiger partial charge in [0.05, 0.1) is 11.5 Å². The zero-order chi connectivity index (χ0) is 16.3. The van der Waals surface area contributed by atoms with Gasteiger partial charge in [0.15, 0.2) is 6.67 Å². The number of hydrogen-bond donors (Lipinski definition) is 3. The lowest BCUT2D eigenvalue weighted by atomic mass is 10.2. The Hall–Kier alpha value is -1.18. The molecule has 22 heavy (non-hydrogen) atoms. The SMILES string of the molecule is CSC1=C(CCNC(=O)c2ccc(O)c(Br)c2)[NH+](C)CN1C. The van der Waals surface area contributed by atoms with E-state index < -0.39 is 0 Å². The lowest BCUT2D eigenvalue weighted by Crippen LogP contribution is -3.06. The summed E-state index contributed by atoms with van der Waals surface area (Å²) in [6, 6.07) is 4.75. The Labute approximate surface area is 143 Å². The minimum Gasteiger partial charge on any atom is -0.507 e. The van der Waals surface area contributed by atoms with Gasteiger partial charge in [0.2, 0.25) is 0 Å². The first-order chi connectivity index (χ1) is 10.4. The van der Waals surface area contributed by atoms with E-state index in [2.05, 4.69) is 46.5 Å². The van der Waals surface area contributed by atoms with Gasteiger partial charge >= 0.3 is 0 Å². The van der Waals surface area contributed by atoms with Crippen molar-refractivity contribution in [2.75, 3.05) is 33.6 Å². The maximum absolute atomic E-state index is 12.1. The van der Waals surface area contributed by atoms with Crippen molar-refractivity contribution < 1.29 is 14.8 Å². The van der Waals surface area contributed by atoms with Crippen molar-refractivity contribution in [2.45, 2.75) is 6.42 Å². The van der Waals surface area contributed by atoms with Crippen LogP contribution in [-0.2, 0) is 0 Å². The monoisotopic (exact) mass is 386 g/mol. The van der Waals surface area contributed by atoms with E-state index in [4.69, 9.17) is 0 Å². The number of halogens is 1. The Balaban J connectivity index is 1.94. The van der Waals surface area contributed by atoms with Crippen LogP contribution >= 0.6 is 27.7 Å². The first kappa shape index (κ1) is 17.2. The summed E-state index contributed by atoms with van der Waals surface area (Å²) in [7, 11) is 4.24. The van der Waals surface area contributed by atoms with Gasteiger partial charge in [-0.15, -0.1) is 11.8 Å². The van der Waals surface area contributed by atoms with Crippen molar-refractivity contribution in [1.29, 1.82) is 0 Å². The van der Waals surface area contributed by atoms with Crippen LogP contribution in [0, 0.1) is 0 Å². The predicted molar refractivity (Wildman–Crippen MR) is 92.8 cm³/mol. The van der Waals surface area contributed by atoms with E-state index in [1.54, 1.807) is 23.9 Å². The first-order valence-corrected chi connectivity index (χ1v) is 9.03. The van der Waals surface area contributed by atoms with Gasteiger partial charge in [-0.2, -0.15) is 0 Å². The molecule has 1 heterocycles. The van der Waals surface area contributed by atoms with Crippen LogP contribution in [0.3, 0.4) is 0 Å². The van der Waals surface area contributed by atoms with Gasteiger partial charge in [0.25, 0.3) is 5.91 Å². The van der Waals surface area contributed by atoms with E-state index in [0.29, 0.717) is 16.6 Å². The molecule has 1 unspecified atom stereocenters. The van der Waals surface area contributed by atoms with Gasteiger partial charge in [-0.3, -0.25) is 9.69 Å². The summed E-state index contributed by atoms with van der Waals surface area (Å²) in [4.78, 5) is 15.7. The number of carbonyl (C=O) groups is 1. The highest BCUT2D eigenvalue weighted by Gasteiger charge is 2.27. The fourth-order valence-electron chi connectivity index (χ4n) is 2.59. The van der Waals surface area contributed by atoms with E-state index >= 15 is 0 Å². The zero-order valence-electron chi connectivity index (χ0n) is 12.9. The summed E-state index contributed by atoms with van der Waals surface area (Å²) < 4.78 is 0.522. The molecule has 0 aromatic heterocycles. The molecule has 5 nitrogen and oxygen atoms in total. The molecule has 0 spiro atoms. The summed E-state index contributed by atoms with van der Waals surface area (Å²) in [6.07, 6.45) is 2.91. The number of phenols is 1. The summed E-state index contributed by atoms with van der Waals surface area (Å²) in [5.74, 6) is 0.00143. The summed E-state index contributed by atoms with van der Waals surface area (Å²) in [5.41, 5.74) is 1.87. The highest BCUT2D eigenvalue weighted by molar-refractivity contribution is 9.10. The summed E-state index contributed by atoms with van der Waals surface area (Å²) >= 11 is 4.97. The Kier molecular flexibility index (Phi) is 5.77. The molecule has 3 N–H and O–H groups in total. The van der Waals surface area contributed by atoms with Crippen LogP contribution in [-0.4, -0.2) is 49.5 Å². The Morgan fingerprint density at radius 1 is 1.55 bits per heavy atom. The molecule has 120 valence electrons. The molecule has 1 aliphatic heterocycles. The molecule has 0 saturated carbocycles. The van der Waals surface area contributed by atoms with Crippen molar-refractivity contribution >= 4 is 33.6 Å². The maximum atomic E-state index is 12.1. The molecule has 0 aliphatic carbocycles. The van der Waals surface area contributed by atoms with E-state index in [1.165, 1.54) is 21.7 Å². The predicted octanol–water partition coefficient (Wildman–Crippen LogP) is 1.22. The number of carbonyl (C=O) groups excluding carboxylic acids is 1. The quantitative estimate of drug-likeness (QED) is 0.712. The third-order valence-corrected chi connectivity index (χ3v) is 5.24. The van der Waals surface area contributed by atoms with Gasteiger partial charge in [-0.25, -0.2) is 0 Å². The number of rotatable bonds is 5. The third kappa shape index (κ3) is 3.77. The van der Waals surface area contributed by atoms with Gasteiger partial charge in [-0.05, 0) is 40.4 Å². The fourth-order valence-corrected chi connectivity index (χ4v) is 3.86.